The third-order valence-corrected chi connectivity index (χ3v) is 3.31. The molecule has 0 saturated heterocycles. The zero-order valence-corrected chi connectivity index (χ0v) is 12.6. The maximum Gasteiger partial charge on any atom is 0.119 e. The fourth-order valence-electron chi connectivity index (χ4n) is 2.04. The summed E-state index contributed by atoms with van der Waals surface area (Å²) in [5.41, 5.74) is 6.42. The summed E-state index contributed by atoms with van der Waals surface area (Å²) < 4.78 is 5.75. The number of nitrogens with zero attached hydrogens (tertiary/aromatic N) is 1. The Kier molecular flexibility index (Phi) is 7.34. The van der Waals surface area contributed by atoms with Crippen LogP contribution in [0.15, 0.2) is 24.3 Å². The SMILES string of the molecule is CCCCCN(CCOc1ccc(N)cc1)C(C)C. The standard InChI is InChI=1S/C16H28N2O/c1-4-5-6-11-18(14(2)3)12-13-19-16-9-7-15(17)8-10-16/h7-10,14H,4-6,11-13,17H2,1-3H3. The molecule has 1 rings (SSSR count). The number of rotatable bonds is 9. The topological polar surface area (TPSA) is 38.5 Å². The van der Waals surface area contributed by atoms with E-state index in [9.17, 15) is 0 Å². The molecule has 0 fully saturated rings. The first-order valence-corrected chi connectivity index (χ1v) is 7.36. The van der Waals surface area contributed by atoms with Crippen LogP contribution in [0.25, 0.3) is 0 Å². The molecule has 0 heterocycles. The van der Waals surface area contributed by atoms with Gasteiger partial charge in [-0.2, -0.15) is 0 Å². The van der Waals surface area contributed by atoms with E-state index in [0.717, 1.165) is 31.1 Å². The summed E-state index contributed by atoms with van der Waals surface area (Å²) in [7, 11) is 0. The first-order chi connectivity index (χ1) is 9.13. The van der Waals surface area contributed by atoms with Gasteiger partial charge in [-0.15, -0.1) is 0 Å². The number of benzene rings is 1. The molecule has 108 valence electrons. The first kappa shape index (κ1) is 15.8. The third kappa shape index (κ3) is 6.48. The average molecular weight is 264 g/mol. The fourth-order valence-corrected chi connectivity index (χ4v) is 2.04. The van der Waals surface area contributed by atoms with Crippen molar-refractivity contribution in [3.63, 3.8) is 0 Å². The zero-order chi connectivity index (χ0) is 14.1. The van der Waals surface area contributed by atoms with Gasteiger partial charge < -0.3 is 10.5 Å². The van der Waals surface area contributed by atoms with E-state index in [1.54, 1.807) is 0 Å². The van der Waals surface area contributed by atoms with Gasteiger partial charge in [-0.25, -0.2) is 0 Å². The molecule has 0 unspecified atom stereocenters. The van der Waals surface area contributed by atoms with Gasteiger partial charge in [0.15, 0.2) is 0 Å². The highest BCUT2D eigenvalue weighted by Crippen LogP contribution is 2.13. The van der Waals surface area contributed by atoms with Gasteiger partial charge >= 0.3 is 0 Å². The lowest BCUT2D eigenvalue weighted by molar-refractivity contribution is 0.173. The monoisotopic (exact) mass is 264 g/mol. The number of ether oxygens (including phenoxy) is 1. The van der Waals surface area contributed by atoms with Crippen LogP contribution in [-0.4, -0.2) is 30.6 Å². The van der Waals surface area contributed by atoms with Crippen molar-refractivity contribution in [2.75, 3.05) is 25.4 Å². The van der Waals surface area contributed by atoms with Crippen LogP contribution in [0.3, 0.4) is 0 Å². The van der Waals surface area contributed by atoms with Crippen LogP contribution in [0.2, 0.25) is 0 Å². The average Bonchev–Trinajstić information content (AvgIpc) is 2.39. The summed E-state index contributed by atoms with van der Waals surface area (Å²) in [6.07, 6.45) is 3.85. The molecule has 0 atom stereocenters. The number of nitrogen functional groups attached to an aromatic ring is 1. The summed E-state index contributed by atoms with van der Waals surface area (Å²) in [6.45, 7) is 9.60. The second-order valence-electron chi connectivity index (χ2n) is 5.25. The van der Waals surface area contributed by atoms with Crippen LogP contribution in [0.5, 0.6) is 5.75 Å². The van der Waals surface area contributed by atoms with Crippen LogP contribution in [-0.2, 0) is 0 Å². The normalized spacial score (nSPS) is 11.2. The molecule has 3 nitrogen and oxygen atoms in total. The number of hydrogen-bond acceptors (Lipinski definition) is 3. The van der Waals surface area contributed by atoms with Crippen LogP contribution in [0.4, 0.5) is 5.69 Å². The minimum Gasteiger partial charge on any atom is -0.492 e. The van der Waals surface area contributed by atoms with Gasteiger partial charge in [0, 0.05) is 18.3 Å². The minimum atomic E-state index is 0.576. The smallest absolute Gasteiger partial charge is 0.119 e. The molecule has 3 heteroatoms. The van der Waals surface area contributed by atoms with Gasteiger partial charge in [-0.05, 0) is 51.1 Å². The van der Waals surface area contributed by atoms with Crippen molar-refractivity contribution in [3.8, 4) is 5.75 Å². The van der Waals surface area contributed by atoms with E-state index in [-0.39, 0.29) is 0 Å². The Bertz CT molecular complexity index is 335. The Balaban J connectivity index is 2.29. The molecule has 0 aliphatic heterocycles. The van der Waals surface area contributed by atoms with Crippen molar-refractivity contribution in [2.45, 2.75) is 46.1 Å². The van der Waals surface area contributed by atoms with E-state index in [1.165, 1.54) is 19.3 Å². The van der Waals surface area contributed by atoms with Crippen molar-refractivity contribution in [1.29, 1.82) is 0 Å². The van der Waals surface area contributed by atoms with E-state index < -0.39 is 0 Å². The molecule has 2 N–H and O–H groups in total. The van der Waals surface area contributed by atoms with Gasteiger partial charge in [-0.1, -0.05) is 19.8 Å². The second kappa shape index (κ2) is 8.81. The molecule has 0 bridgehead atoms. The molecule has 0 radical (unpaired) electrons. The summed E-state index contributed by atoms with van der Waals surface area (Å²) in [4.78, 5) is 2.48. The van der Waals surface area contributed by atoms with Crippen LogP contribution < -0.4 is 10.5 Å². The van der Waals surface area contributed by atoms with Crippen LogP contribution >= 0.6 is 0 Å². The van der Waals surface area contributed by atoms with Gasteiger partial charge in [0.2, 0.25) is 0 Å². The molecule has 0 saturated carbocycles. The Hall–Kier alpha value is -1.22. The van der Waals surface area contributed by atoms with Crippen molar-refractivity contribution in [1.82, 2.24) is 4.90 Å². The number of nitrogens with two attached hydrogens (primary N) is 1. The van der Waals surface area contributed by atoms with E-state index in [2.05, 4.69) is 25.7 Å². The molecule has 1 aromatic rings. The van der Waals surface area contributed by atoms with E-state index in [0.29, 0.717) is 6.04 Å². The number of unbranched alkanes of at least 4 members (excludes halogenated alkanes) is 2. The Labute approximate surface area is 117 Å². The predicted octanol–water partition coefficient (Wildman–Crippen LogP) is 3.55. The third-order valence-electron chi connectivity index (χ3n) is 3.31. The zero-order valence-electron chi connectivity index (χ0n) is 12.6. The fraction of sp³-hybridized carbons (Fsp3) is 0.625. The maximum absolute atomic E-state index is 5.75. The Morgan fingerprint density at radius 2 is 1.79 bits per heavy atom. The van der Waals surface area contributed by atoms with E-state index in [4.69, 9.17) is 10.5 Å². The van der Waals surface area contributed by atoms with Crippen molar-refractivity contribution in [3.05, 3.63) is 24.3 Å². The first-order valence-electron chi connectivity index (χ1n) is 7.36. The van der Waals surface area contributed by atoms with Gasteiger partial charge in [0.25, 0.3) is 0 Å². The summed E-state index contributed by atoms with van der Waals surface area (Å²) in [5.74, 6) is 0.895. The van der Waals surface area contributed by atoms with Gasteiger partial charge in [-0.3, -0.25) is 4.90 Å². The summed E-state index contributed by atoms with van der Waals surface area (Å²) in [6, 6.07) is 8.16. The summed E-state index contributed by atoms with van der Waals surface area (Å²) >= 11 is 0. The Morgan fingerprint density at radius 3 is 2.37 bits per heavy atom. The molecule has 0 spiro atoms. The van der Waals surface area contributed by atoms with Crippen LogP contribution in [0.1, 0.15) is 40.0 Å². The largest absolute Gasteiger partial charge is 0.492 e. The number of hydrogen-bond donors (Lipinski definition) is 1. The molecule has 0 aromatic heterocycles. The van der Waals surface area contributed by atoms with Gasteiger partial charge in [0.05, 0.1) is 0 Å². The molecule has 19 heavy (non-hydrogen) atoms. The molecule has 0 amide bonds. The molecule has 0 aliphatic carbocycles. The van der Waals surface area contributed by atoms with Crippen molar-refractivity contribution < 1.29 is 4.74 Å². The number of anilines is 1. The second-order valence-corrected chi connectivity index (χ2v) is 5.25. The van der Waals surface area contributed by atoms with Crippen molar-refractivity contribution >= 4 is 5.69 Å². The predicted molar refractivity (Wildman–Crippen MR) is 82.6 cm³/mol. The van der Waals surface area contributed by atoms with Crippen LogP contribution in [0, 0.1) is 0 Å². The van der Waals surface area contributed by atoms with Gasteiger partial charge in [0.1, 0.15) is 12.4 Å². The lowest BCUT2D eigenvalue weighted by Gasteiger charge is -2.26. The molecular formula is C16H28N2O. The van der Waals surface area contributed by atoms with E-state index >= 15 is 0 Å². The maximum atomic E-state index is 5.75. The molecular weight excluding hydrogens is 236 g/mol. The molecule has 1 aromatic carbocycles. The highest BCUT2D eigenvalue weighted by Gasteiger charge is 2.08. The van der Waals surface area contributed by atoms with Crippen molar-refractivity contribution in [2.24, 2.45) is 0 Å². The molecule has 0 aliphatic rings. The highest BCUT2D eigenvalue weighted by atomic mass is 16.5. The quantitative estimate of drug-likeness (QED) is 0.547. The highest BCUT2D eigenvalue weighted by molar-refractivity contribution is 5.41. The summed E-state index contributed by atoms with van der Waals surface area (Å²) in [5, 5.41) is 0. The Morgan fingerprint density at radius 1 is 1.11 bits per heavy atom. The lowest BCUT2D eigenvalue weighted by Crippen LogP contribution is -2.35. The lowest BCUT2D eigenvalue weighted by atomic mass is 10.2. The minimum absolute atomic E-state index is 0.576. The van der Waals surface area contributed by atoms with E-state index in [1.807, 2.05) is 24.3 Å².